The predicted octanol–water partition coefficient (Wildman–Crippen LogP) is 4.93. The Morgan fingerprint density at radius 3 is 2.61 bits per heavy atom. The van der Waals surface area contributed by atoms with E-state index in [-0.39, 0.29) is 23.8 Å². The number of hydrogen-bond acceptors (Lipinski definition) is 4. The van der Waals surface area contributed by atoms with Crippen molar-refractivity contribution in [3.8, 4) is 0 Å². The molecule has 3 aromatic carbocycles. The van der Waals surface area contributed by atoms with Crippen molar-refractivity contribution in [2.24, 2.45) is 0 Å². The third-order valence-electron chi connectivity index (χ3n) is 4.98. The van der Waals surface area contributed by atoms with Crippen molar-refractivity contribution in [3.63, 3.8) is 0 Å². The lowest BCUT2D eigenvalue weighted by atomic mass is 10.1. The van der Waals surface area contributed by atoms with E-state index in [0.29, 0.717) is 18.0 Å². The predicted molar refractivity (Wildman–Crippen MR) is 125 cm³/mol. The molecule has 1 aliphatic rings. The second-order valence-electron chi connectivity index (χ2n) is 7.41. The van der Waals surface area contributed by atoms with Crippen LogP contribution in [0.3, 0.4) is 0 Å². The van der Waals surface area contributed by atoms with Crippen LogP contribution in [0.2, 0.25) is 0 Å². The first kappa shape index (κ1) is 21.2. The van der Waals surface area contributed by atoms with E-state index in [0.717, 1.165) is 22.4 Å². The van der Waals surface area contributed by atoms with Gasteiger partial charge in [-0.2, -0.15) is 0 Å². The van der Waals surface area contributed by atoms with Gasteiger partial charge in [0.2, 0.25) is 11.8 Å². The van der Waals surface area contributed by atoms with Crippen LogP contribution in [0.25, 0.3) is 0 Å². The molecule has 1 aliphatic heterocycles. The molecular weight excluding hydrogens is 408 g/mol. The van der Waals surface area contributed by atoms with Crippen molar-refractivity contribution in [3.05, 3.63) is 95.6 Å². The Hall–Kier alpha value is -3.09. The third kappa shape index (κ3) is 5.34. The molecule has 1 N–H and O–H groups in total. The number of anilines is 2. The van der Waals surface area contributed by atoms with Gasteiger partial charge in [0.1, 0.15) is 12.0 Å². The maximum absolute atomic E-state index is 12.6. The number of carbonyl (C=O) groups is 2. The van der Waals surface area contributed by atoms with E-state index < -0.39 is 0 Å². The Kier molecular flexibility index (Phi) is 6.70. The minimum atomic E-state index is -0.210. The number of nitrogens with zero attached hydrogens (tertiary/aromatic N) is 1. The van der Waals surface area contributed by atoms with Crippen molar-refractivity contribution in [2.75, 3.05) is 22.6 Å². The summed E-state index contributed by atoms with van der Waals surface area (Å²) in [5, 5.41) is 2.76. The van der Waals surface area contributed by atoms with E-state index in [1.807, 2.05) is 90.7 Å². The smallest absolute Gasteiger partial charge is 0.250 e. The molecule has 2 amide bonds. The van der Waals surface area contributed by atoms with E-state index in [1.54, 1.807) is 11.8 Å². The van der Waals surface area contributed by atoms with Gasteiger partial charge in [-0.15, -0.1) is 11.8 Å². The summed E-state index contributed by atoms with van der Waals surface area (Å²) in [5.41, 5.74) is 4.72. The lowest BCUT2D eigenvalue weighted by Crippen LogP contribution is -2.27. The van der Waals surface area contributed by atoms with E-state index >= 15 is 0 Å². The first-order valence-corrected chi connectivity index (χ1v) is 11.2. The summed E-state index contributed by atoms with van der Waals surface area (Å²) in [7, 11) is 0. The third-order valence-corrected chi connectivity index (χ3v) is 6.19. The number of hydrogen-bond donors (Lipinski definition) is 1. The van der Waals surface area contributed by atoms with E-state index in [1.165, 1.54) is 0 Å². The standard InChI is InChI=1S/C25H24N2O3S/c1-18-10-12-22(13-11-18)27-24(29)17-31-25(27)20-8-5-9-21(14-20)26-23(28)16-30-15-19-6-3-2-4-7-19/h2-14,25H,15-17H2,1H3,(H,26,28). The molecule has 0 saturated carbocycles. The van der Waals surface area contributed by atoms with Gasteiger partial charge < -0.3 is 10.1 Å². The van der Waals surface area contributed by atoms with E-state index in [4.69, 9.17) is 4.74 Å². The number of aryl methyl sites for hydroxylation is 1. The average molecular weight is 433 g/mol. The van der Waals surface area contributed by atoms with Gasteiger partial charge in [0, 0.05) is 11.4 Å². The SMILES string of the molecule is Cc1ccc(N2C(=O)CSC2c2cccc(NC(=O)COCc3ccccc3)c2)cc1. The average Bonchev–Trinajstić information content (AvgIpc) is 3.17. The molecular formula is C25H24N2O3S. The first-order chi connectivity index (χ1) is 15.1. The van der Waals surface area contributed by atoms with Crippen molar-refractivity contribution in [1.82, 2.24) is 0 Å². The zero-order valence-electron chi connectivity index (χ0n) is 17.3. The molecule has 0 spiro atoms. The van der Waals surface area contributed by atoms with Crippen LogP contribution in [-0.4, -0.2) is 24.2 Å². The summed E-state index contributed by atoms with van der Waals surface area (Å²) in [6.07, 6.45) is 0. The van der Waals surface area contributed by atoms with Crippen molar-refractivity contribution in [1.29, 1.82) is 0 Å². The Balaban J connectivity index is 1.40. The van der Waals surface area contributed by atoms with Crippen LogP contribution < -0.4 is 10.2 Å². The van der Waals surface area contributed by atoms with Gasteiger partial charge in [-0.25, -0.2) is 0 Å². The fourth-order valence-electron chi connectivity index (χ4n) is 3.46. The molecule has 1 atom stereocenters. The van der Waals surface area contributed by atoms with Crippen molar-refractivity contribution in [2.45, 2.75) is 18.9 Å². The Morgan fingerprint density at radius 1 is 1.06 bits per heavy atom. The fourth-order valence-corrected chi connectivity index (χ4v) is 4.62. The van der Waals surface area contributed by atoms with Gasteiger partial charge >= 0.3 is 0 Å². The molecule has 3 aromatic rings. The largest absolute Gasteiger partial charge is 0.367 e. The van der Waals surface area contributed by atoms with Gasteiger partial charge in [-0.1, -0.05) is 60.2 Å². The molecule has 0 aliphatic carbocycles. The zero-order chi connectivity index (χ0) is 21.6. The normalized spacial score (nSPS) is 15.8. The summed E-state index contributed by atoms with van der Waals surface area (Å²) in [5.74, 6) is 0.309. The summed E-state index contributed by atoms with van der Waals surface area (Å²) < 4.78 is 5.51. The number of benzene rings is 3. The molecule has 4 rings (SSSR count). The molecule has 6 heteroatoms. The van der Waals surface area contributed by atoms with E-state index in [2.05, 4.69) is 5.32 Å². The van der Waals surface area contributed by atoms with Crippen LogP contribution in [0.4, 0.5) is 11.4 Å². The van der Waals surface area contributed by atoms with Crippen LogP contribution in [0, 0.1) is 6.92 Å². The minimum Gasteiger partial charge on any atom is -0.367 e. The number of rotatable bonds is 7. The molecule has 0 radical (unpaired) electrons. The molecule has 1 saturated heterocycles. The molecule has 0 bridgehead atoms. The monoisotopic (exact) mass is 432 g/mol. The van der Waals surface area contributed by atoms with Crippen molar-refractivity contribution >= 4 is 35.0 Å². The Morgan fingerprint density at radius 2 is 1.84 bits per heavy atom. The van der Waals surface area contributed by atoms with Crippen LogP contribution in [0.5, 0.6) is 0 Å². The van der Waals surface area contributed by atoms with Crippen LogP contribution in [0.15, 0.2) is 78.9 Å². The molecule has 1 unspecified atom stereocenters. The molecule has 1 fully saturated rings. The molecule has 1 heterocycles. The molecule has 31 heavy (non-hydrogen) atoms. The maximum atomic E-state index is 12.6. The van der Waals surface area contributed by atoms with Gasteiger partial charge in [-0.3, -0.25) is 14.5 Å². The second-order valence-corrected chi connectivity index (χ2v) is 8.48. The number of amides is 2. The van der Waals surface area contributed by atoms with Crippen molar-refractivity contribution < 1.29 is 14.3 Å². The topological polar surface area (TPSA) is 58.6 Å². The van der Waals surface area contributed by atoms with Gasteiger partial charge in [0.25, 0.3) is 0 Å². The van der Waals surface area contributed by atoms with Crippen LogP contribution >= 0.6 is 11.8 Å². The highest BCUT2D eigenvalue weighted by atomic mass is 32.2. The highest BCUT2D eigenvalue weighted by Crippen LogP contribution is 2.42. The lowest BCUT2D eigenvalue weighted by Gasteiger charge is -2.25. The summed E-state index contributed by atoms with van der Waals surface area (Å²) in [4.78, 5) is 26.7. The zero-order valence-corrected chi connectivity index (χ0v) is 18.1. The summed E-state index contributed by atoms with van der Waals surface area (Å²) >= 11 is 1.59. The fraction of sp³-hybridized carbons (Fsp3) is 0.200. The quantitative estimate of drug-likeness (QED) is 0.575. The summed E-state index contributed by atoms with van der Waals surface area (Å²) in [6.45, 7) is 2.39. The van der Waals surface area contributed by atoms with Gasteiger partial charge in [0.05, 0.1) is 12.4 Å². The van der Waals surface area contributed by atoms with Crippen LogP contribution in [-0.2, 0) is 20.9 Å². The molecule has 0 aromatic heterocycles. The second kappa shape index (κ2) is 9.81. The highest BCUT2D eigenvalue weighted by Gasteiger charge is 2.34. The Labute approximate surface area is 186 Å². The minimum absolute atomic E-state index is 0.0225. The van der Waals surface area contributed by atoms with Gasteiger partial charge in [-0.05, 0) is 42.3 Å². The number of nitrogens with one attached hydrogen (secondary N) is 1. The summed E-state index contributed by atoms with van der Waals surface area (Å²) in [6, 6.07) is 25.4. The number of carbonyl (C=O) groups excluding carboxylic acids is 2. The van der Waals surface area contributed by atoms with Gasteiger partial charge in [0.15, 0.2) is 0 Å². The maximum Gasteiger partial charge on any atom is 0.250 e. The Bertz CT molecular complexity index is 1050. The number of ether oxygens (including phenoxy) is 1. The lowest BCUT2D eigenvalue weighted by molar-refractivity contribution is -0.121. The molecule has 158 valence electrons. The van der Waals surface area contributed by atoms with Crippen LogP contribution in [0.1, 0.15) is 22.1 Å². The molecule has 5 nitrogen and oxygen atoms in total. The van der Waals surface area contributed by atoms with E-state index in [9.17, 15) is 9.59 Å². The highest BCUT2D eigenvalue weighted by molar-refractivity contribution is 8.00. The first-order valence-electron chi connectivity index (χ1n) is 10.1. The number of thioether (sulfide) groups is 1.